The summed E-state index contributed by atoms with van der Waals surface area (Å²) in [6.07, 6.45) is 3.15. The monoisotopic (exact) mass is 437 g/mol. The van der Waals surface area contributed by atoms with Gasteiger partial charge in [-0.25, -0.2) is 4.39 Å². The number of anilines is 2. The molecule has 1 N–H and O–H groups in total. The van der Waals surface area contributed by atoms with Crippen LogP contribution in [0.25, 0.3) is 10.8 Å². The molecule has 0 aliphatic carbocycles. The molecule has 3 aromatic rings. The smallest absolute Gasteiger partial charge is 0.278 e. The van der Waals surface area contributed by atoms with Gasteiger partial charge in [0.1, 0.15) is 5.82 Å². The quantitative estimate of drug-likeness (QED) is 0.483. The van der Waals surface area contributed by atoms with Gasteiger partial charge in [0.2, 0.25) is 5.91 Å². The Morgan fingerprint density at radius 2 is 1.91 bits per heavy atom. The van der Waals surface area contributed by atoms with Crippen molar-refractivity contribution in [3.05, 3.63) is 70.3 Å². The van der Waals surface area contributed by atoms with Gasteiger partial charge < -0.3 is 10.2 Å². The number of aromatic nitrogens is 1. The van der Waals surface area contributed by atoms with E-state index in [0.717, 1.165) is 11.1 Å². The van der Waals surface area contributed by atoms with Crippen molar-refractivity contribution >= 4 is 33.7 Å². The standard InChI is InChI=1S/C23H24FN5O3/c1-15-3-4-17(13-20(15)24)26-23(30)16(2)27-9-11-28(12-10-27)21-5-6-22(29(31)32)19-14-25-8-7-18(19)21/h3-8,13-14,16H,9-12H2,1-2H3,(H,26,30)/t16-/m0/s1. The maximum absolute atomic E-state index is 13.8. The number of fused-ring (bicyclic) bond motifs is 1. The number of nitro groups is 1. The summed E-state index contributed by atoms with van der Waals surface area (Å²) in [6.45, 7) is 6.16. The van der Waals surface area contributed by atoms with E-state index in [1.165, 1.54) is 18.3 Å². The SMILES string of the molecule is Cc1ccc(NC(=O)[C@H](C)N2CCN(c3ccc([N+](=O)[O-])c4cnccc34)CC2)cc1F. The number of aryl methyl sites for hydroxylation is 1. The molecule has 1 amide bonds. The van der Waals surface area contributed by atoms with Crippen molar-refractivity contribution in [2.24, 2.45) is 0 Å². The van der Waals surface area contributed by atoms with Crippen LogP contribution < -0.4 is 10.2 Å². The molecule has 0 saturated carbocycles. The Balaban J connectivity index is 1.44. The van der Waals surface area contributed by atoms with Gasteiger partial charge in [-0.05, 0) is 43.7 Å². The first kappa shape index (κ1) is 21.6. The van der Waals surface area contributed by atoms with Crippen LogP contribution >= 0.6 is 0 Å². The molecule has 1 aliphatic rings. The predicted octanol–water partition coefficient (Wildman–Crippen LogP) is 3.74. The number of hydrogen-bond acceptors (Lipinski definition) is 6. The number of hydrogen-bond donors (Lipinski definition) is 1. The van der Waals surface area contributed by atoms with Gasteiger partial charge in [0.05, 0.1) is 16.4 Å². The van der Waals surface area contributed by atoms with Crippen LogP contribution in [0.5, 0.6) is 0 Å². The van der Waals surface area contributed by atoms with E-state index >= 15 is 0 Å². The van der Waals surface area contributed by atoms with E-state index in [0.29, 0.717) is 42.8 Å². The number of piperazine rings is 1. The van der Waals surface area contributed by atoms with Gasteiger partial charge in [0.15, 0.2) is 0 Å². The zero-order valence-electron chi connectivity index (χ0n) is 17.9. The molecular formula is C23H24FN5O3. The van der Waals surface area contributed by atoms with Gasteiger partial charge in [-0.15, -0.1) is 0 Å². The highest BCUT2D eigenvalue weighted by molar-refractivity contribution is 5.99. The average Bonchev–Trinajstić information content (AvgIpc) is 2.80. The average molecular weight is 437 g/mol. The molecule has 32 heavy (non-hydrogen) atoms. The van der Waals surface area contributed by atoms with E-state index < -0.39 is 4.92 Å². The van der Waals surface area contributed by atoms with Crippen molar-refractivity contribution < 1.29 is 14.1 Å². The number of amides is 1. The molecule has 0 bridgehead atoms. The predicted molar refractivity (Wildman–Crippen MR) is 121 cm³/mol. The molecule has 0 radical (unpaired) electrons. The Hall–Kier alpha value is -3.59. The Labute approximate surface area is 184 Å². The van der Waals surface area contributed by atoms with Gasteiger partial charge in [0.25, 0.3) is 5.69 Å². The molecule has 4 rings (SSSR count). The van der Waals surface area contributed by atoms with E-state index in [4.69, 9.17) is 0 Å². The van der Waals surface area contributed by atoms with E-state index in [9.17, 15) is 19.3 Å². The van der Waals surface area contributed by atoms with Crippen molar-refractivity contribution in [3.63, 3.8) is 0 Å². The highest BCUT2D eigenvalue weighted by Gasteiger charge is 2.27. The van der Waals surface area contributed by atoms with Gasteiger partial charge in [-0.1, -0.05) is 6.07 Å². The van der Waals surface area contributed by atoms with Crippen LogP contribution in [0, 0.1) is 22.9 Å². The van der Waals surface area contributed by atoms with Crippen molar-refractivity contribution in [1.82, 2.24) is 9.88 Å². The molecule has 2 heterocycles. The summed E-state index contributed by atoms with van der Waals surface area (Å²) in [5.41, 5.74) is 1.92. The third-order valence-corrected chi connectivity index (χ3v) is 5.99. The molecule has 1 saturated heterocycles. The molecule has 9 heteroatoms. The highest BCUT2D eigenvalue weighted by atomic mass is 19.1. The number of carbonyl (C=O) groups excluding carboxylic acids is 1. The van der Waals surface area contributed by atoms with E-state index in [2.05, 4.69) is 20.1 Å². The second-order valence-electron chi connectivity index (χ2n) is 7.93. The zero-order valence-corrected chi connectivity index (χ0v) is 17.9. The lowest BCUT2D eigenvalue weighted by molar-refractivity contribution is -0.383. The summed E-state index contributed by atoms with van der Waals surface area (Å²) in [4.78, 5) is 31.9. The van der Waals surface area contributed by atoms with Crippen LogP contribution in [0.15, 0.2) is 48.8 Å². The largest absolute Gasteiger partial charge is 0.368 e. The number of pyridine rings is 1. The van der Waals surface area contributed by atoms with Crippen molar-refractivity contribution in [3.8, 4) is 0 Å². The molecule has 0 spiro atoms. The van der Waals surface area contributed by atoms with Gasteiger partial charge in [-0.2, -0.15) is 0 Å². The fraction of sp³-hybridized carbons (Fsp3) is 0.304. The molecule has 1 aliphatic heterocycles. The minimum Gasteiger partial charge on any atom is -0.368 e. The summed E-state index contributed by atoms with van der Waals surface area (Å²) in [6, 6.07) is 9.36. The van der Waals surface area contributed by atoms with Crippen LogP contribution in [-0.4, -0.2) is 52.9 Å². The highest BCUT2D eigenvalue weighted by Crippen LogP contribution is 2.33. The summed E-state index contributed by atoms with van der Waals surface area (Å²) in [5.74, 6) is -0.539. The zero-order chi connectivity index (χ0) is 22.8. The fourth-order valence-corrected chi connectivity index (χ4v) is 4.03. The van der Waals surface area contributed by atoms with Gasteiger partial charge >= 0.3 is 0 Å². The Kier molecular flexibility index (Phi) is 6.00. The van der Waals surface area contributed by atoms with Gasteiger partial charge in [0, 0.05) is 61.4 Å². The van der Waals surface area contributed by atoms with Crippen LogP contribution in [0.1, 0.15) is 12.5 Å². The number of non-ortho nitro benzene ring substituents is 1. The topological polar surface area (TPSA) is 91.6 Å². The summed E-state index contributed by atoms with van der Waals surface area (Å²) >= 11 is 0. The van der Waals surface area contributed by atoms with E-state index in [1.54, 1.807) is 37.4 Å². The first-order chi connectivity index (χ1) is 15.3. The number of nitrogens with one attached hydrogen (secondary N) is 1. The van der Waals surface area contributed by atoms with Crippen molar-refractivity contribution in [2.45, 2.75) is 19.9 Å². The van der Waals surface area contributed by atoms with E-state index in [1.807, 2.05) is 6.92 Å². The second kappa shape index (κ2) is 8.88. The third-order valence-electron chi connectivity index (χ3n) is 5.99. The molecule has 1 aromatic heterocycles. The lowest BCUT2D eigenvalue weighted by atomic mass is 10.1. The third kappa shape index (κ3) is 4.24. The van der Waals surface area contributed by atoms with Crippen molar-refractivity contribution in [2.75, 3.05) is 36.4 Å². The number of carbonyl (C=O) groups is 1. The minimum absolute atomic E-state index is 0.0355. The number of rotatable bonds is 5. The molecule has 1 atom stereocenters. The van der Waals surface area contributed by atoms with E-state index in [-0.39, 0.29) is 23.5 Å². The Bertz CT molecular complexity index is 1180. The Morgan fingerprint density at radius 3 is 2.59 bits per heavy atom. The van der Waals surface area contributed by atoms with Gasteiger partial charge in [-0.3, -0.25) is 24.8 Å². The first-order valence-electron chi connectivity index (χ1n) is 10.4. The van der Waals surface area contributed by atoms with Crippen LogP contribution in [0.3, 0.4) is 0 Å². The molecule has 2 aromatic carbocycles. The molecule has 0 unspecified atom stereocenters. The minimum atomic E-state index is -0.397. The lowest BCUT2D eigenvalue weighted by Crippen LogP contribution is -2.52. The molecule has 166 valence electrons. The number of nitrogens with zero attached hydrogens (tertiary/aromatic N) is 4. The normalized spacial score (nSPS) is 15.5. The second-order valence-corrected chi connectivity index (χ2v) is 7.93. The molecular weight excluding hydrogens is 413 g/mol. The van der Waals surface area contributed by atoms with Crippen molar-refractivity contribution in [1.29, 1.82) is 0 Å². The first-order valence-corrected chi connectivity index (χ1v) is 10.4. The fourth-order valence-electron chi connectivity index (χ4n) is 4.03. The lowest BCUT2D eigenvalue weighted by Gasteiger charge is -2.38. The molecule has 8 nitrogen and oxygen atoms in total. The summed E-state index contributed by atoms with van der Waals surface area (Å²) < 4.78 is 13.8. The van der Waals surface area contributed by atoms with Crippen LogP contribution in [0.4, 0.5) is 21.5 Å². The molecule has 1 fully saturated rings. The maximum atomic E-state index is 13.8. The summed E-state index contributed by atoms with van der Waals surface area (Å²) in [5, 5.41) is 15.4. The Morgan fingerprint density at radius 1 is 1.16 bits per heavy atom. The number of benzene rings is 2. The number of nitro benzene ring substituents is 1. The van der Waals surface area contributed by atoms with Crippen LogP contribution in [-0.2, 0) is 4.79 Å². The number of halogens is 1. The van der Waals surface area contributed by atoms with Crippen LogP contribution in [0.2, 0.25) is 0 Å². The maximum Gasteiger partial charge on any atom is 0.278 e. The summed E-state index contributed by atoms with van der Waals surface area (Å²) in [7, 11) is 0.